The van der Waals surface area contributed by atoms with Crippen molar-refractivity contribution < 1.29 is 9.53 Å². The summed E-state index contributed by atoms with van der Waals surface area (Å²) in [5.74, 6) is -0.581. The van der Waals surface area contributed by atoms with Crippen molar-refractivity contribution in [3.63, 3.8) is 0 Å². The first kappa shape index (κ1) is 23.0. The largest absolute Gasteiger partial charge is 0.460 e. The molecule has 0 unspecified atom stereocenters. The van der Waals surface area contributed by atoms with Crippen LogP contribution in [0, 0.1) is 0 Å². The number of benzene rings is 1. The number of fused-ring (bicyclic) bond motifs is 1. The van der Waals surface area contributed by atoms with Crippen LogP contribution < -0.4 is 5.43 Å². The maximum Gasteiger partial charge on any atom is 0.354 e. The van der Waals surface area contributed by atoms with Crippen LogP contribution >= 0.6 is 40.2 Å². The second kappa shape index (κ2) is 9.74. The van der Waals surface area contributed by atoms with Gasteiger partial charge in [-0.15, -0.1) is 17.0 Å². The summed E-state index contributed by atoms with van der Waals surface area (Å²) in [6, 6.07) is 4.95. The third-order valence-corrected chi connectivity index (χ3v) is 4.49. The molecule has 0 saturated carbocycles. The third-order valence-electron chi connectivity index (χ3n) is 3.98. The Kier molecular flexibility index (Phi) is 8.60. The minimum atomic E-state index is -0.581. The molecule has 0 aliphatic heterocycles. The normalized spacial score (nSPS) is 11.3. The molecule has 26 heavy (non-hydrogen) atoms. The van der Waals surface area contributed by atoms with Crippen LogP contribution in [0.3, 0.4) is 0 Å². The SMILES string of the molecule is Br.CC(C)N(CCOC(=O)c1cc(=O)c2c(Cl)cc(Cl)cc2[nH]1)C(C)C. The Morgan fingerprint density at radius 1 is 1.15 bits per heavy atom. The zero-order valence-corrected chi connectivity index (χ0v) is 18.4. The van der Waals surface area contributed by atoms with Crippen LogP contribution in [0.15, 0.2) is 23.0 Å². The van der Waals surface area contributed by atoms with Gasteiger partial charge in [0.2, 0.25) is 0 Å². The first-order valence-electron chi connectivity index (χ1n) is 8.15. The smallest absolute Gasteiger partial charge is 0.354 e. The zero-order valence-electron chi connectivity index (χ0n) is 15.1. The summed E-state index contributed by atoms with van der Waals surface area (Å²) in [6.45, 7) is 9.24. The molecule has 5 nitrogen and oxygen atoms in total. The van der Waals surface area contributed by atoms with Gasteiger partial charge in [-0.2, -0.15) is 0 Å². The molecule has 1 aromatic carbocycles. The number of nitrogens with one attached hydrogen (secondary N) is 1. The maximum atomic E-state index is 12.3. The average molecular weight is 466 g/mol. The first-order chi connectivity index (χ1) is 11.7. The molecule has 0 aliphatic rings. The third kappa shape index (κ3) is 5.46. The Labute approximate surface area is 173 Å². The minimum absolute atomic E-state index is 0. The number of aromatic nitrogens is 1. The zero-order chi connectivity index (χ0) is 18.7. The topological polar surface area (TPSA) is 62.4 Å². The molecule has 2 aromatic rings. The number of esters is 1. The van der Waals surface area contributed by atoms with E-state index in [2.05, 4.69) is 37.6 Å². The van der Waals surface area contributed by atoms with Crippen LogP contribution in [0.1, 0.15) is 38.2 Å². The fraction of sp³-hybridized carbons (Fsp3) is 0.444. The van der Waals surface area contributed by atoms with Gasteiger partial charge in [-0.1, -0.05) is 23.2 Å². The minimum Gasteiger partial charge on any atom is -0.460 e. The molecule has 2 rings (SSSR count). The van der Waals surface area contributed by atoms with Gasteiger partial charge in [-0.3, -0.25) is 9.69 Å². The number of rotatable bonds is 6. The van der Waals surface area contributed by atoms with Crippen LogP contribution in [0.25, 0.3) is 10.9 Å². The molecule has 1 N–H and O–H groups in total. The summed E-state index contributed by atoms with van der Waals surface area (Å²) in [5, 5.41) is 0.921. The fourth-order valence-corrected chi connectivity index (χ4v) is 3.44. The lowest BCUT2D eigenvalue weighted by Gasteiger charge is -2.30. The molecule has 0 spiro atoms. The molecular weight excluding hydrogens is 443 g/mol. The van der Waals surface area contributed by atoms with Crippen LogP contribution in [0.5, 0.6) is 0 Å². The molecule has 0 atom stereocenters. The van der Waals surface area contributed by atoms with Crippen molar-refractivity contribution in [1.29, 1.82) is 0 Å². The lowest BCUT2D eigenvalue weighted by molar-refractivity contribution is 0.0411. The van der Waals surface area contributed by atoms with E-state index in [1.165, 1.54) is 12.1 Å². The quantitative estimate of drug-likeness (QED) is 0.628. The number of pyridine rings is 1. The van der Waals surface area contributed by atoms with Crippen LogP contribution in [0.4, 0.5) is 0 Å². The van der Waals surface area contributed by atoms with Gasteiger partial charge in [-0.25, -0.2) is 4.79 Å². The predicted octanol–water partition coefficient (Wildman–Crippen LogP) is 4.69. The van der Waals surface area contributed by atoms with Crippen LogP contribution in [-0.2, 0) is 4.74 Å². The molecule has 0 bridgehead atoms. The maximum absolute atomic E-state index is 12.3. The van der Waals surface area contributed by atoms with E-state index >= 15 is 0 Å². The number of halogens is 3. The van der Waals surface area contributed by atoms with Crippen LogP contribution in [-0.4, -0.2) is 41.1 Å². The van der Waals surface area contributed by atoms with Crippen molar-refractivity contribution in [3.8, 4) is 0 Å². The number of ether oxygens (including phenoxy) is 1. The predicted molar refractivity (Wildman–Crippen MR) is 112 cm³/mol. The lowest BCUT2D eigenvalue weighted by Crippen LogP contribution is -2.39. The Bertz CT molecular complexity index is 829. The van der Waals surface area contributed by atoms with Crippen molar-refractivity contribution in [2.45, 2.75) is 39.8 Å². The number of aromatic amines is 1. The van der Waals surface area contributed by atoms with E-state index < -0.39 is 5.97 Å². The molecule has 0 fully saturated rings. The summed E-state index contributed by atoms with van der Waals surface area (Å²) in [5.41, 5.74) is 0.132. The van der Waals surface area contributed by atoms with E-state index in [0.29, 0.717) is 34.6 Å². The second-order valence-corrected chi connectivity index (χ2v) is 7.26. The lowest BCUT2D eigenvalue weighted by atomic mass is 10.2. The molecular formula is C18H23BrCl2N2O3. The summed E-state index contributed by atoms with van der Waals surface area (Å²) in [7, 11) is 0. The van der Waals surface area contributed by atoms with E-state index in [4.69, 9.17) is 27.9 Å². The summed E-state index contributed by atoms with van der Waals surface area (Å²) >= 11 is 12.0. The number of carbonyl (C=O) groups excluding carboxylic acids is 1. The number of hydrogen-bond donors (Lipinski definition) is 1. The molecule has 144 valence electrons. The van der Waals surface area contributed by atoms with Gasteiger partial charge in [0.25, 0.3) is 0 Å². The van der Waals surface area contributed by atoms with E-state index in [1.54, 1.807) is 6.07 Å². The number of H-pyrrole nitrogens is 1. The monoisotopic (exact) mass is 464 g/mol. The molecule has 0 amide bonds. The number of carbonyl (C=O) groups is 1. The van der Waals surface area contributed by atoms with Gasteiger partial charge in [-0.05, 0) is 39.8 Å². The molecule has 1 heterocycles. The number of nitrogens with zero attached hydrogens (tertiary/aromatic N) is 1. The molecule has 0 aliphatic carbocycles. The van der Waals surface area contributed by atoms with E-state index in [-0.39, 0.29) is 39.7 Å². The van der Waals surface area contributed by atoms with Gasteiger partial charge < -0.3 is 9.72 Å². The highest BCUT2D eigenvalue weighted by Crippen LogP contribution is 2.24. The van der Waals surface area contributed by atoms with Crippen molar-refractivity contribution in [1.82, 2.24) is 9.88 Å². The average Bonchev–Trinajstić information content (AvgIpc) is 2.49. The van der Waals surface area contributed by atoms with Crippen molar-refractivity contribution in [2.75, 3.05) is 13.2 Å². The molecule has 0 saturated heterocycles. The Morgan fingerprint density at radius 2 is 1.77 bits per heavy atom. The van der Waals surface area contributed by atoms with Gasteiger partial charge >= 0.3 is 5.97 Å². The fourth-order valence-electron chi connectivity index (χ4n) is 2.85. The van der Waals surface area contributed by atoms with Gasteiger partial charge in [0.1, 0.15) is 12.3 Å². The van der Waals surface area contributed by atoms with Gasteiger partial charge in [0, 0.05) is 29.7 Å². The van der Waals surface area contributed by atoms with Crippen molar-refractivity contribution in [3.05, 3.63) is 44.2 Å². The van der Waals surface area contributed by atoms with Crippen LogP contribution in [0.2, 0.25) is 10.0 Å². The first-order valence-corrected chi connectivity index (χ1v) is 8.91. The summed E-state index contributed by atoms with van der Waals surface area (Å²) < 4.78 is 5.31. The highest BCUT2D eigenvalue weighted by molar-refractivity contribution is 8.93. The summed E-state index contributed by atoms with van der Waals surface area (Å²) in [4.78, 5) is 29.6. The molecule has 8 heteroatoms. The highest BCUT2D eigenvalue weighted by atomic mass is 79.9. The Morgan fingerprint density at radius 3 is 2.35 bits per heavy atom. The molecule has 0 radical (unpaired) electrons. The van der Waals surface area contributed by atoms with Crippen molar-refractivity contribution >= 4 is 57.1 Å². The Balaban J connectivity index is 0.00000338. The van der Waals surface area contributed by atoms with Crippen molar-refractivity contribution in [2.24, 2.45) is 0 Å². The number of hydrogen-bond acceptors (Lipinski definition) is 4. The Hall–Kier alpha value is -1.08. The second-order valence-electron chi connectivity index (χ2n) is 6.42. The van der Waals surface area contributed by atoms with Gasteiger partial charge in [0.05, 0.1) is 15.9 Å². The molecule has 1 aromatic heterocycles. The summed E-state index contributed by atoms with van der Waals surface area (Å²) in [6.07, 6.45) is 0. The standard InChI is InChI=1S/C18H22Cl2N2O3.BrH/c1-10(2)22(11(3)4)5-6-25-18(24)15-9-16(23)17-13(20)7-12(19)8-14(17)21-15;/h7-11H,5-6H2,1-4H3,(H,21,23);1H. The highest BCUT2D eigenvalue weighted by Gasteiger charge is 2.16. The van der Waals surface area contributed by atoms with E-state index in [9.17, 15) is 9.59 Å². The van der Waals surface area contributed by atoms with E-state index in [0.717, 1.165) is 0 Å². The van der Waals surface area contributed by atoms with E-state index in [1.807, 2.05) is 0 Å². The van der Waals surface area contributed by atoms with Gasteiger partial charge in [0.15, 0.2) is 5.43 Å².